The van der Waals surface area contributed by atoms with Gasteiger partial charge in [-0.2, -0.15) is 0 Å². The molecule has 1 aromatic carbocycles. The van der Waals surface area contributed by atoms with Crippen LogP contribution < -0.4 is 18.1 Å². The summed E-state index contributed by atoms with van der Waals surface area (Å²) < 4.78 is 0. The number of hydrogen-bond donors (Lipinski definition) is 1. The van der Waals surface area contributed by atoms with Crippen LogP contribution in [0.3, 0.4) is 0 Å². The fourth-order valence-electron chi connectivity index (χ4n) is 0.980. The summed E-state index contributed by atoms with van der Waals surface area (Å²) in [6.07, 6.45) is 0. The van der Waals surface area contributed by atoms with Crippen molar-refractivity contribution in [3.63, 3.8) is 0 Å². The minimum Gasteiger partial charge on any atom is -1.00 e. The second kappa shape index (κ2) is 6.30. The zero-order chi connectivity index (χ0) is 8.97. The molecule has 1 nitrogen and oxygen atoms in total. The molecule has 0 atom stereocenters. The van der Waals surface area contributed by atoms with Crippen molar-refractivity contribution in [2.75, 3.05) is 12.3 Å². The van der Waals surface area contributed by atoms with Crippen LogP contribution in [0.15, 0.2) is 23.1 Å². The molecule has 0 saturated heterocycles. The summed E-state index contributed by atoms with van der Waals surface area (Å²) in [5.74, 6) is 1.00. The molecule has 0 spiro atoms. The van der Waals surface area contributed by atoms with E-state index >= 15 is 0 Å². The minimum atomic E-state index is 0. The van der Waals surface area contributed by atoms with Crippen LogP contribution in [-0.2, 0) is 0 Å². The molecule has 0 bridgehead atoms. The molecule has 0 unspecified atom stereocenters. The van der Waals surface area contributed by atoms with Crippen LogP contribution >= 0.6 is 11.8 Å². The molecule has 3 heteroatoms. The standard InChI is InChI=1S/C10H15NS.ClH/c1-8-3-4-10(7-9(8)2)12-6-5-11;/h3-4,7H,5-6,11H2,1-2H3;1H/p-1. The van der Waals surface area contributed by atoms with Gasteiger partial charge in [0.25, 0.3) is 0 Å². The van der Waals surface area contributed by atoms with Crippen molar-refractivity contribution in [2.45, 2.75) is 18.7 Å². The Morgan fingerprint density at radius 1 is 1.23 bits per heavy atom. The predicted octanol–water partition coefficient (Wildman–Crippen LogP) is -0.642. The average Bonchev–Trinajstić information content (AvgIpc) is 2.07. The van der Waals surface area contributed by atoms with Crippen LogP contribution in [0.2, 0.25) is 0 Å². The Hall–Kier alpha value is -0.180. The largest absolute Gasteiger partial charge is 1.00 e. The van der Waals surface area contributed by atoms with E-state index in [1.54, 1.807) is 0 Å². The summed E-state index contributed by atoms with van der Waals surface area (Å²) in [5, 5.41) is 0. The average molecular weight is 217 g/mol. The second-order valence-corrected chi connectivity index (χ2v) is 4.05. The van der Waals surface area contributed by atoms with Gasteiger partial charge in [-0.1, -0.05) is 6.07 Å². The second-order valence-electron chi connectivity index (χ2n) is 2.88. The Balaban J connectivity index is 0.00000144. The zero-order valence-corrected chi connectivity index (χ0v) is 9.58. The van der Waals surface area contributed by atoms with E-state index < -0.39 is 0 Å². The Morgan fingerprint density at radius 2 is 1.92 bits per heavy atom. The van der Waals surface area contributed by atoms with E-state index in [1.807, 2.05) is 11.8 Å². The Bertz CT molecular complexity index is 263. The number of rotatable bonds is 3. The van der Waals surface area contributed by atoms with E-state index in [2.05, 4.69) is 32.0 Å². The molecule has 74 valence electrons. The lowest BCUT2D eigenvalue weighted by Crippen LogP contribution is -3.00. The van der Waals surface area contributed by atoms with E-state index in [9.17, 15) is 0 Å². The monoisotopic (exact) mass is 216 g/mol. The van der Waals surface area contributed by atoms with Crippen molar-refractivity contribution in [3.05, 3.63) is 29.3 Å². The first-order chi connectivity index (χ1) is 5.74. The highest BCUT2D eigenvalue weighted by Crippen LogP contribution is 2.20. The molecule has 0 amide bonds. The number of nitrogens with two attached hydrogens (primary N) is 1. The molecule has 0 heterocycles. The van der Waals surface area contributed by atoms with Crippen molar-refractivity contribution in [3.8, 4) is 0 Å². The minimum absolute atomic E-state index is 0. The molecule has 1 rings (SSSR count). The number of hydrogen-bond acceptors (Lipinski definition) is 2. The van der Waals surface area contributed by atoms with Gasteiger partial charge in [-0.15, -0.1) is 11.8 Å². The van der Waals surface area contributed by atoms with Gasteiger partial charge in [-0.3, -0.25) is 0 Å². The topological polar surface area (TPSA) is 26.0 Å². The third kappa shape index (κ3) is 4.03. The summed E-state index contributed by atoms with van der Waals surface area (Å²) in [4.78, 5) is 1.32. The molecular formula is C10H15ClNS-. The number of halogens is 1. The third-order valence-corrected chi connectivity index (χ3v) is 2.89. The summed E-state index contributed by atoms with van der Waals surface area (Å²) in [6.45, 7) is 5.02. The summed E-state index contributed by atoms with van der Waals surface area (Å²) >= 11 is 1.82. The molecule has 0 aliphatic rings. The number of benzene rings is 1. The number of thioether (sulfide) groups is 1. The molecule has 0 fully saturated rings. The van der Waals surface area contributed by atoms with Crippen LogP contribution in [0.5, 0.6) is 0 Å². The van der Waals surface area contributed by atoms with Crippen LogP contribution in [0.25, 0.3) is 0 Å². The van der Waals surface area contributed by atoms with E-state index in [0.29, 0.717) is 0 Å². The Morgan fingerprint density at radius 3 is 2.46 bits per heavy atom. The first-order valence-electron chi connectivity index (χ1n) is 4.14. The molecule has 0 aromatic heterocycles. The summed E-state index contributed by atoms with van der Waals surface area (Å²) in [5.41, 5.74) is 8.14. The van der Waals surface area contributed by atoms with Crippen molar-refractivity contribution in [1.82, 2.24) is 0 Å². The van der Waals surface area contributed by atoms with Gasteiger partial charge in [0.1, 0.15) is 0 Å². The van der Waals surface area contributed by atoms with Crippen LogP contribution in [0.1, 0.15) is 11.1 Å². The van der Waals surface area contributed by atoms with Gasteiger partial charge < -0.3 is 18.1 Å². The van der Waals surface area contributed by atoms with E-state index in [-0.39, 0.29) is 12.4 Å². The van der Waals surface area contributed by atoms with Crippen molar-refractivity contribution >= 4 is 11.8 Å². The van der Waals surface area contributed by atoms with Crippen LogP contribution in [0.4, 0.5) is 0 Å². The van der Waals surface area contributed by atoms with E-state index in [4.69, 9.17) is 5.73 Å². The van der Waals surface area contributed by atoms with Gasteiger partial charge in [0.2, 0.25) is 0 Å². The lowest BCUT2D eigenvalue weighted by Gasteiger charge is -2.03. The van der Waals surface area contributed by atoms with Gasteiger partial charge in [0.15, 0.2) is 0 Å². The first kappa shape index (κ1) is 12.8. The van der Waals surface area contributed by atoms with E-state index in [0.717, 1.165) is 12.3 Å². The van der Waals surface area contributed by atoms with Gasteiger partial charge >= 0.3 is 0 Å². The fourth-order valence-corrected chi connectivity index (χ4v) is 1.76. The molecule has 2 N–H and O–H groups in total. The highest BCUT2D eigenvalue weighted by Gasteiger charge is 1.95. The predicted molar refractivity (Wildman–Crippen MR) is 55.7 cm³/mol. The van der Waals surface area contributed by atoms with Gasteiger partial charge in [0, 0.05) is 17.2 Å². The quantitative estimate of drug-likeness (QED) is 0.681. The van der Waals surface area contributed by atoms with E-state index in [1.165, 1.54) is 16.0 Å². The lowest BCUT2D eigenvalue weighted by molar-refractivity contribution is -0.00000266. The van der Waals surface area contributed by atoms with Crippen LogP contribution in [0, 0.1) is 13.8 Å². The lowest BCUT2D eigenvalue weighted by atomic mass is 10.1. The Labute approximate surface area is 90.5 Å². The smallest absolute Gasteiger partial charge is 0.0103 e. The van der Waals surface area contributed by atoms with Gasteiger partial charge in [0.05, 0.1) is 0 Å². The molecule has 0 aliphatic heterocycles. The maximum Gasteiger partial charge on any atom is 0.0103 e. The highest BCUT2D eigenvalue weighted by molar-refractivity contribution is 7.99. The zero-order valence-electron chi connectivity index (χ0n) is 8.01. The Kier molecular flexibility index (Phi) is 6.21. The molecule has 0 aliphatic carbocycles. The van der Waals surface area contributed by atoms with Crippen LogP contribution in [-0.4, -0.2) is 12.3 Å². The molecule has 0 saturated carbocycles. The summed E-state index contributed by atoms with van der Waals surface area (Å²) in [6, 6.07) is 6.53. The van der Waals surface area contributed by atoms with Crippen molar-refractivity contribution < 1.29 is 12.4 Å². The maximum absolute atomic E-state index is 5.42. The molecule has 0 radical (unpaired) electrons. The highest BCUT2D eigenvalue weighted by atomic mass is 35.5. The third-order valence-electron chi connectivity index (χ3n) is 1.86. The fraction of sp³-hybridized carbons (Fsp3) is 0.400. The SMILES string of the molecule is Cc1ccc(SCCN)cc1C.[Cl-]. The van der Waals surface area contributed by atoms with Crippen molar-refractivity contribution in [2.24, 2.45) is 5.73 Å². The van der Waals surface area contributed by atoms with Gasteiger partial charge in [-0.25, -0.2) is 0 Å². The van der Waals surface area contributed by atoms with Gasteiger partial charge in [-0.05, 0) is 37.1 Å². The summed E-state index contributed by atoms with van der Waals surface area (Å²) in [7, 11) is 0. The normalized spacial score (nSPS) is 9.46. The first-order valence-corrected chi connectivity index (χ1v) is 5.12. The number of aryl methyl sites for hydroxylation is 2. The maximum atomic E-state index is 5.42. The molecular weight excluding hydrogens is 202 g/mol. The van der Waals surface area contributed by atoms with Crippen molar-refractivity contribution in [1.29, 1.82) is 0 Å². The molecule has 13 heavy (non-hydrogen) atoms. The molecule has 1 aromatic rings.